The van der Waals surface area contributed by atoms with Gasteiger partial charge in [0.25, 0.3) is 0 Å². The lowest BCUT2D eigenvalue weighted by Gasteiger charge is -2.01. The highest BCUT2D eigenvalue weighted by molar-refractivity contribution is 7.09. The van der Waals surface area contributed by atoms with E-state index in [9.17, 15) is 0 Å². The molecule has 3 heteroatoms. The van der Waals surface area contributed by atoms with Crippen molar-refractivity contribution in [3.63, 3.8) is 0 Å². The Hall–Kier alpha value is -1.19. The number of unbranched alkanes of at least 4 members (excludes halogenated alkanes) is 1. The van der Waals surface area contributed by atoms with E-state index in [4.69, 9.17) is 5.11 Å². The summed E-state index contributed by atoms with van der Waals surface area (Å²) in [6.45, 7) is 2.38. The third-order valence-electron chi connectivity index (χ3n) is 2.95. The molecule has 2 nitrogen and oxygen atoms in total. The number of benzene rings is 1. The van der Waals surface area contributed by atoms with Crippen LogP contribution in [0.4, 0.5) is 0 Å². The average Bonchev–Trinajstić information content (AvgIpc) is 2.86. The van der Waals surface area contributed by atoms with Crippen LogP contribution in [0.3, 0.4) is 0 Å². The first kappa shape index (κ1) is 13.2. The van der Waals surface area contributed by atoms with Gasteiger partial charge in [0, 0.05) is 24.0 Å². The molecule has 0 bridgehead atoms. The van der Waals surface area contributed by atoms with Crippen LogP contribution in [0, 0.1) is 0 Å². The Balaban J connectivity index is 2.07. The summed E-state index contributed by atoms with van der Waals surface area (Å²) in [4.78, 5) is 4.52. The molecule has 0 amide bonds. The van der Waals surface area contributed by atoms with Gasteiger partial charge in [0.1, 0.15) is 0 Å². The molecule has 2 aromatic rings. The van der Waals surface area contributed by atoms with Gasteiger partial charge in [-0.3, -0.25) is 0 Å². The summed E-state index contributed by atoms with van der Waals surface area (Å²) in [7, 11) is 0. The summed E-state index contributed by atoms with van der Waals surface area (Å²) < 4.78 is 0. The van der Waals surface area contributed by atoms with Gasteiger partial charge in [0.15, 0.2) is 0 Å². The predicted octanol–water partition coefficient (Wildman–Crippen LogP) is 3.69. The van der Waals surface area contributed by atoms with E-state index in [-0.39, 0.29) is 6.61 Å². The second-order valence-corrected chi connectivity index (χ2v) is 5.34. The zero-order chi connectivity index (χ0) is 12.8. The summed E-state index contributed by atoms with van der Waals surface area (Å²) in [6, 6.07) is 8.66. The minimum absolute atomic E-state index is 0.170. The lowest BCUT2D eigenvalue weighted by Crippen LogP contribution is -1.89. The second-order valence-electron chi connectivity index (χ2n) is 4.40. The molecule has 2 rings (SSSR count). The molecule has 0 aliphatic carbocycles. The Morgan fingerprint density at radius 2 is 1.94 bits per heavy atom. The Kier molecular flexibility index (Phi) is 4.90. The molecular formula is C15H19NOS. The molecule has 0 aliphatic heterocycles. The van der Waals surface area contributed by atoms with Gasteiger partial charge in [-0.25, -0.2) is 4.98 Å². The molecule has 1 aromatic heterocycles. The number of aryl methyl sites for hydroxylation is 1. The fraction of sp³-hybridized carbons (Fsp3) is 0.400. The van der Waals surface area contributed by atoms with Crippen molar-refractivity contribution < 1.29 is 5.11 Å². The summed E-state index contributed by atoms with van der Waals surface area (Å²) in [5, 5.41) is 11.9. The second kappa shape index (κ2) is 6.66. The number of hydrogen-bond donors (Lipinski definition) is 1. The number of aliphatic hydroxyl groups excluding tert-OH is 1. The van der Waals surface area contributed by atoms with Gasteiger partial charge >= 0.3 is 0 Å². The molecule has 1 heterocycles. The molecule has 0 atom stereocenters. The minimum atomic E-state index is 0.170. The maximum atomic E-state index is 8.88. The van der Waals surface area contributed by atoms with Gasteiger partial charge in [-0.15, -0.1) is 11.3 Å². The van der Waals surface area contributed by atoms with Crippen molar-refractivity contribution in [3.8, 4) is 11.3 Å². The topological polar surface area (TPSA) is 33.1 Å². The minimum Gasteiger partial charge on any atom is -0.396 e. The standard InChI is InChI=1S/C15H19NOS/c1-2-3-4-12-5-7-13(8-6-12)14-11-18-15(16-14)9-10-17/h5-8,11,17H,2-4,9-10H2,1H3. The molecular weight excluding hydrogens is 242 g/mol. The van der Waals surface area contributed by atoms with Crippen LogP contribution in [-0.2, 0) is 12.8 Å². The Morgan fingerprint density at radius 1 is 1.17 bits per heavy atom. The highest BCUT2D eigenvalue weighted by Crippen LogP contribution is 2.22. The van der Waals surface area contributed by atoms with Crippen molar-refractivity contribution in [2.24, 2.45) is 0 Å². The normalized spacial score (nSPS) is 10.8. The van der Waals surface area contributed by atoms with Crippen LogP contribution in [0.1, 0.15) is 30.3 Å². The van der Waals surface area contributed by atoms with E-state index in [1.807, 2.05) is 0 Å². The highest BCUT2D eigenvalue weighted by Gasteiger charge is 2.04. The molecule has 0 spiro atoms. The molecule has 0 saturated heterocycles. The first-order chi connectivity index (χ1) is 8.83. The molecule has 1 aromatic carbocycles. The van der Waals surface area contributed by atoms with Crippen LogP contribution in [-0.4, -0.2) is 16.7 Å². The van der Waals surface area contributed by atoms with E-state index in [0.29, 0.717) is 6.42 Å². The Bertz CT molecular complexity index is 475. The third-order valence-corrected chi connectivity index (χ3v) is 3.85. The highest BCUT2D eigenvalue weighted by atomic mass is 32.1. The smallest absolute Gasteiger partial charge is 0.0955 e. The molecule has 0 unspecified atom stereocenters. The van der Waals surface area contributed by atoms with Crippen molar-refractivity contribution in [2.75, 3.05) is 6.61 Å². The lowest BCUT2D eigenvalue weighted by molar-refractivity contribution is 0.299. The van der Waals surface area contributed by atoms with Crippen molar-refractivity contribution >= 4 is 11.3 Å². The van der Waals surface area contributed by atoms with Crippen LogP contribution in [0.25, 0.3) is 11.3 Å². The summed E-state index contributed by atoms with van der Waals surface area (Å²) in [5.74, 6) is 0. The largest absolute Gasteiger partial charge is 0.396 e. The van der Waals surface area contributed by atoms with E-state index in [0.717, 1.165) is 22.7 Å². The van der Waals surface area contributed by atoms with Crippen LogP contribution < -0.4 is 0 Å². The predicted molar refractivity (Wildman–Crippen MR) is 77.0 cm³/mol. The van der Waals surface area contributed by atoms with E-state index in [2.05, 4.69) is 41.6 Å². The number of thiazole rings is 1. The van der Waals surface area contributed by atoms with E-state index >= 15 is 0 Å². The van der Waals surface area contributed by atoms with E-state index in [1.165, 1.54) is 18.4 Å². The summed E-state index contributed by atoms with van der Waals surface area (Å²) in [6.07, 6.45) is 4.29. The molecule has 0 saturated carbocycles. The first-order valence-corrected chi connectivity index (χ1v) is 7.36. The van der Waals surface area contributed by atoms with Gasteiger partial charge in [0.05, 0.1) is 10.7 Å². The fourth-order valence-electron chi connectivity index (χ4n) is 1.88. The maximum Gasteiger partial charge on any atom is 0.0955 e. The summed E-state index contributed by atoms with van der Waals surface area (Å²) in [5.41, 5.74) is 3.58. The van der Waals surface area contributed by atoms with Gasteiger partial charge in [-0.2, -0.15) is 0 Å². The van der Waals surface area contributed by atoms with E-state index < -0.39 is 0 Å². The Morgan fingerprint density at radius 3 is 2.61 bits per heavy atom. The number of aromatic nitrogens is 1. The van der Waals surface area contributed by atoms with Crippen LogP contribution in [0.5, 0.6) is 0 Å². The number of aliphatic hydroxyl groups is 1. The van der Waals surface area contributed by atoms with Crippen molar-refractivity contribution in [3.05, 3.63) is 40.2 Å². The van der Waals surface area contributed by atoms with Crippen molar-refractivity contribution in [2.45, 2.75) is 32.6 Å². The number of hydrogen-bond acceptors (Lipinski definition) is 3. The monoisotopic (exact) mass is 261 g/mol. The number of rotatable bonds is 6. The molecule has 96 valence electrons. The van der Waals surface area contributed by atoms with Gasteiger partial charge < -0.3 is 5.11 Å². The van der Waals surface area contributed by atoms with Crippen molar-refractivity contribution in [1.82, 2.24) is 4.98 Å². The van der Waals surface area contributed by atoms with E-state index in [1.54, 1.807) is 11.3 Å². The molecule has 0 aliphatic rings. The average molecular weight is 261 g/mol. The molecule has 1 N–H and O–H groups in total. The quantitative estimate of drug-likeness (QED) is 0.860. The Labute approximate surface area is 112 Å². The zero-order valence-corrected chi connectivity index (χ0v) is 11.5. The van der Waals surface area contributed by atoms with Gasteiger partial charge in [-0.05, 0) is 18.4 Å². The van der Waals surface area contributed by atoms with Crippen LogP contribution >= 0.6 is 11.3 Å². The fourth-order valence-corrected chi connectivity index (χ4v) is 2.67. The zero-order valence-electron chi connectivity index (χ0n) is 10.7. The molecule has 0 fully saturated rings. The third kappa shape index (κ3) is 3.40. The summed E-state index contributed by atoms with van der Waals surface area (Å²) >= 11 is 1.62. The maximum absolute atomic E-state index is 8.88. The molecule has 0 radical (unpaired) electrons. The lowest BCUT2D eigenvalue weighted by atomic mass is 10.1. The number of nitrogens with zero attached hydrogens (tertiary/aromatic N) is 1. The van der Waals surface area contributed by atoms with Crippen molar-refractivity contribution in [1.29, 1.82) is 0 Å². The van der Waals surface area contributed by atoms with Crippen LogP contribution in [0.15, 0.2) is 29.6 Å². The van der Waals surface area contributed by atoms with Gasteiger partial charge in [-0.1, -0.05) is 37.6 Å². The van der Waals surface area contributed by atoms with Gasteiger partial charge in [0.2, 0.25) is 0 Å². The van der Waals surface area contributed by atoms with Crippen LogP contribution in [0.2, 0.25) is 0 Å². The first-order valence-electron chi connectivity index (χ1n) is 6.48. The molecule has 18 heavy (non-hydrogen) atoms. The SMILES string of the molecule is CCCCc1ccc(-c2csc(CCO)n2)cc1.